The van der Waals surface area contributed by atoms with E-state index >= 15 is 0 Å². The molecule has 2 fully saturated rings. The predicted molar refractivity (Wildman–Crippen MR) is 134 cm³/mol. The minimum atomic E-state index is -0.263. The molecular weight excluding hydrogens is 534 g/mol. The van der Waals surface area contributed by atoms with Gasteiger partial charge in [-0.1, -0.05) is 17.7 Å². The van der Waals surface area contributed by atoms with Gasteiger partial charge in [0.2, 0.25) is 0 Å². The molecule has 3 rings (SSSR count). The van der Waals surface area contributed by atoms with Crippen molar-refractivity contribution in [3.05, 3.63) is 34.6 Å². The lowest BCUT2D eigenvalue weighted by Gasteiger charge is -2.28. The van der Waals surface area contributed by atoms with E-state index in [-0.39, 0.29) is 41.9 Å². The third-order valence-electron chi connectivity index (χ3n) is 5.54. The Morgan fingerprint density at radius 2 is 2.16 bits per heavy atom. The van der Waals surface area contributed by atoms with E-state index in [4.69, 9.17) is 26.1 Å². The van der Waals surface area contributed by atoms with Gasteiger partial charge in [0.25, 0.3) is 0 Å². The summed E-state index contributed by atoms with van der Waals surface area (Å²) in [7, 11) is 0. The van der Waals surface area contributed by atoms with Crippen LogP contribution in [0.15, 0.2) is 23.2 Å². The SMILES string of the molecule is CCNC(=NCC(c1c(F)cccc1Cl)N1CCCC1)NCCCOC1CCOC1.I. The number of guanidine groups is 1. The fourth-order valence-corrected chi connectivity index (χ4v) is 4.25. The van der Waals surface area contributed by atoms with Gasteiger partial charge in [-0.25, -0.2) is 4.39 Å². The van der Waals surface area contributed by atoms with Crippen molar-refractivity contribution in [3.63, 3.8) is 0 Å². The molecule has 2 heterocycles. The summed E-state index contributed by atoms with van der Waals surface area (Å²) in [4.78, 5) is 7.05. The van der Waals surface area contributed by atoms with Gasteiger partial charge >= 0.3 is 0 Å². The quantitative estimate of drug-likeness (QED) is 0.194. The van der Waals surface area contributed by atoms with Crippen LogP contribution < -0.4 is 10.6 Å². The molecule has 2 saturated heterocycles. The van der Waals surface area contributed by atoms with E-state index in [1.807, 2.05) is 6.92 Å². The fourth-order valence-electron chi connectivity index (χ4n) is 3.96. The number of ether oxygens (including phenoxy) is 2. The molecule has 0 aromatic heterocycles. The van der Waals surface area contributed by atoms with Gasteiger partial charge in [-0.15, -0.1) is 24.0 Å². The Morgan fingerprint density at radius 1 is 1.35 bits per heavy atom. The van der Waals surface area contributed by atoms with Crippen LogP contribution in [0.1, 0.15) is 44.2 Å². The van der Waals surface area contributed by atoms with Crippen LogP contribution in [0.3, 0.4) is 0 Å². The molecule has 2 N–H and O–H groups in total. The summed E-state index contributed by atoms with van der Waals surface area (Å²) in [5, 5.41) is 7.10. The Hall–Kier alpha value is -0.680. The molecule has 1 aromatic carbocycles. The topological polar surface area (TPSA) is 58.1 Å². The van der Waals surface area contributed by atoms with Crippen molar-refractivity contribution in [1.82, 2.24) is 15.5 Å². The number of rotatable bonds is 10. The lowest BCUT2D eigenvalue weighted by atomic mass is 10.0. The van der Waals surface area contributed by atoms with Crippen LogP contribution in [0.2, 0.25) is 5.02 Å². The Bertz CT molecular complexity index is 665. The molecule has 9 heteroatoms. The van der Waals surface area contributed by atoms with E-state index in [0.717, 1.165) is 64.4 Å². The molecule has 0 saturated carbocycles. The van der Waals surface area contributed by atoms with Crippen LogP contribution in [0.4, 0.5) is 4.39 Å². The first-order valence-corrected chi connectivity index (χ1v) is 11.5. The first-order valence-electron chi connectivity index (χ1n) is 11.1. The largest absolute Gasteiger partial charge is 0.379 e. The summed E-state index contributed by atoms with van der Waals surface area (Å²) in [6, 6.07) is 4.72. The van der Waals surface area contributed by atoms with E-state index in [9.17, 15) is 4.39 Å². The van der Waals surface area contributed by atoms with Crippen LogP contribution in [0.25, 0.3) is 0 Å². The number of benzene rings is 1. The number of likely N-dealkylation sites (tertiary alicyclic amines) is 1. The zero-order valence-electron chi connectivity index (χ0n) is 18.2. The standard InChI is InChI=1S/C22H34ClFN4O2.HI/c1-2-25-22(26-10-6-13-30-17-9-14-29-16-17)27-15-20(28-11-3-4-12-28)21-18(23)7-5-8-19(21)24;/h5,7-8,17,20H,2-4,6,9-16H2,1H3,(H2,25,26,27);1H. The Kier molecular flexibility index (Phi) is 12.4. The summed E-state index contributed by atoms with van der Waals surface area (Å²) < 4.78 is 25.8. The molecule has 31 heavy (non-hydrogen) atoms. The van der Waals surface area contributed by atoms with Crippen molar-refractivity contribution in [1.29, 1.82) is 0 Å². The number of halogens is 3. The molecule has 0 spiro atoms. The maximum atomic E-state index is 14.6. The van der Waals surface area contributed by atoms with Crippen molar-refractivity contribution in [2.45, 2.75) is 44.8 Å². The number of hydrogen-bond acceptors (Lipinski definition) is 4. The van der Waals surface area contributed by atoms with Gasteiger partial charge in [0.15, 0.2) is 5.96 Å². The minimum Gasteiger partial charge on any atom is -0.379 e. The van der Waals surface area contributed by atoms with Gasteiger partial charge in [0, 0.05) is 36.9 Å². The van der Waals surface area contributed by atoms with E-state index in [0.29, 0.717) is 30.3 Å². The average Bonchev–Trinajstić information content (AvgIpc) is 3.44. The number of aliphatic imine (C=N–C) groups is 1. The lowest BCUT2D eigenvalue weighted by Crippen LogP contribution is -2.39. The monoisotopic (exact) mass is 568 g/mol. The third kappa shape index (κ3) is 8.31. The highest BCUT2D eigenvalue weighted by atomic mass is 127. The average molecular weight is 569 g/mol. The minimum absolute atomic E-state index is 0. The lowest BCUT2D eigenvalue weighted by molar-refractivity contribution is 0.0420. The van der Waals surface area contributed by atoms with E-state index in [2.05, 4.69) is 15.5 Å². The van der Waals surface area contributed by atoms with E-state index in [1.54, 1.807) is 12.1 Å². The molecular formula is C22H35ClFIN4O2. The Balaban J connectivity index is 0.00000341. The molecule has 0 radical (unpaired) electrons. The molecule has 2 aliphatic rings. The Labute approximate surface area is 207 Å². The zero-order chi connectivity index (χ0) is 21.2. The molecule has 0 bridgehead atoms. The summed E-state index contributed by atoms with van der Waals surface area (Å²) >= 11 is 6.38. The Morgan fingerprint density at radius 3 is 2.84 bits per heavy atom. The van der Waals surface area contributed by atoms with Gasteiger partial charge in [-0.3, -0.25) is 9.89 Å². The predicted octanol–water partition coefficient (Wildman–Crippen LogP) is 3.98. The molecule has 2 aliphatic heterocycles. The van der Waals surface area contributed by atoms with Crippen molar-refractivity contribution in [2.75, 3.05) is 52.5 Å². The molecule has 1 aromatic rings. The number of hydrogen-bond donors (Lipinski definition) is 2. The normalized spacial score (nSPS) is 20.5. The molecule has 0 aliphatic carbocycles. The first-order chi connectivity index (χ1) is 14.7. The van der Waals surface area contributed by atoms with Gasteiger partial charge in [-0.2, -0.15) is 0 Å². The van der Waals surface area contributed by atoms with Crippen molar-refractivity contribution in [3.8, 4) is 0 Å². The molecule has 176 valence electrons. The summed E-state index contributed by atoms with van der Waals surface area (Å²) in [5.41, 5.74) is 0.549. The van der Waals surface area contributed by atoms with Gasteiger partial charge in [0.05, 0.1) is 25.3 Å². The van der Waals surface area contributed by atoms with Crippen LogP contribution in [-0.4, -0.2) is 69.5 Å². The summed E-state index contributed by atoms with van der Waals surface area (Å²) in [5.74, 6) is 0.471. The second kappa shape index (κ2) is 14.5. The highest BCUT2D eigenvalue weighted by Crippen LogP contribution is 2.32. The van der Waals surface area contributed by atoms with E-state index < -0.39 is 0 Å². The van der Waals surface area contributed by atoms with Gasteiger partial charge < -0.3 is 20.1 Å². The molecule has 0 amide bonds. The maximum absolute atomic E-state index is 14.6. The second-order valence-corrected chi connectivity index (χ2v) is 8.16. The summed E-state index contributed by atoms with van der Waals surface area (Å²) in [6.07, 6.45) is 4.34. The van der Waals surface area contributed by atoms with Crippen molar-refractivity contribution < 1.29 is 13.9 Å². The van der Waals surface area contributed by atoms with Crippen LogP contribution in [0, 0.1) is 5.82 Å². The van der Waals surface area contributed by atoms with E-state index in [1.165, 1.54) is 6.07 Å². The zero-order valence-corrected chi connectivity index (χ0v) is 21.3. The van der Waals surface area contributed by atoms with Crippen LogP contribution in [0.5, 0.6) is 0 Å². The highest BCUT2D eigenvalue weighted by Gasteiger charge is 2.27. The van der Waals surface area contributed by atoms with Crippen molar-refractivity contribution >= 4 is 41.5 Å². The van der Waals surface area contributed by atoms with Gasteiger partial charge in [-0.05, 0) is 57.8 Å². The maximum Gasteiger partial charge on any atom is 0.191 e. The molecule has 2 atom stereocenters. The smallest absolute Gasteiger partial charge is 0.191 e. The first kappa shape index (κ1) is 26.6. The third-order valence-corrected chi connectivity index (χ3v) is 5.87. The number of nitrogens with one attached hydrogen (secondary N) is 2. The molecule has 6 nitrogen and oxygen atoms in total. The highest BCUT2D eigenvalue weighted by molar-refractivity contribution is 14.0. The number of nitrogens with zero attached hydrogens (tertiary/aromatic N) is 2. The van der Waals surface area contributed by atoms with Gasteiger partial charge in [0.1, 0.15) is 5.82 Å². The van der Waals surface area contributed by atoms with Crippen molar-refractivity contribution in [2.24, 2.45) is 4.99 Å². The fraction of sp³-hybridized carbons (Fsp3) is 0.682. The summed E-state index contributed by atoms with van der Waals surface area (Å²) in [6.45, 7) is 8.08. The second-order valence-electron chi connectivity index (χ2n) is 7.75. The van der Waals surface area contributed by atoms with Crippen LogP contribution >= 0.6 is 35.6 Å². The van der Waals surface area contributed by atoms with Crippen LogP contribution in [-0.2, 0) is 9.47 Å². The molecule has 2 unspecified atom stereocenters.